The van der Waals surface area contributed by atoms with Crippen molar-refractivity contribution >= 4 is 14.4 Å². The molecular weight excluding hydrogens is 260 g/mol. The Kier molecular flexibility index (Phi) is 7.62. The number of hydrogen-bond acceptors (Lipinski definition) is 4. The fourth-order valence-corrected chi connectivity index (χ4v) is 2.33. The average Bonchev–Trinajstić information content (AvgIpc) is 2.22. The number of likely N-dealkylation sites (N-methyl/N-ethyl adjacent to an activating group) is 1. The summed E-state index contributed by atoms with van der Waals surface area (Å²) in [5.41, 5.74) is 4.89. The number of ether oxygens (including phenoxy) is 1. The molecule has 0 radical (unpaired) electrons. The van der Waals surface area contributed by atoms with Crippen molar-refractivity contribution in [1.82, 2.24) is 4.90 Å². The molecular formula is C13H30N2O3Si. The van der Waals surface area contributed by atoms with Gasteiger partial charge in [-0.2, -0.15) is 0 Å². The van der Waals surface area contributed by atoms with Gasteiger partial charge in [0, 0.05) is 19.7 Å². The smallest absolute Gasteiger partial charge is 0.404 e. The molecule has 0 atom stereocenters. The van der Waals surface area contributed by atoms with Crippen molar-refractivity contribution in [2.24, 2.45) is 5.73 Å². The van der Waals surface area contributed by atoms with Gasteiger partial charge in [-0.25, -0.2) is 4.79 Å². The Bertz CT molecular complexity index is 278. The Morgan fingerprint density at radius 3 is 2.26 bits per heavy atom. The first-order valence-corrected chi connectivity index (χ1v) is 9.72. The van der Waals surface area contributed by atoms with Crippen molar-refractivity contribution in [3.8, 4) is 0 Å². The molecule has 19 heavy (non-hydrogen) atoms. The maximum Gasteiger partial charge on any atom is 0.404 e. The first kappa shape index (κ1) is 18.4. The number of primary amides is 1. The maximum atomic E-state index is 10.4. The molecule has 0 aliphatic rings. The average molecular weight is 290 g/mol. The molecule has 2 N–H and O–H groups in total. The molecule has 0 bridgehead atoms. The van der Waals surface area contributed by atoms with Gasteiger partial charge in [-0.1, -0.05) is 20.8 Å². The Morgan fingerprint density at radius 2 is 1.79 bits per heavy atom. The Balaban J connectivity index is 3.74. The van der Waals surface area contributed by atoms with Gasteiger partial charge in [0.15, 0.2) is 8.32 Å². The third kappa shape index (κ3) is 8.23. The fourth-order valence-electron chi connectivity index (χ4n) is 1.29. The van der Waals surface area contributed by atoms with Gasteiger partial charge in [0.25, 0.3) is 0 Å². The first-order chi connectivity index (χ1) is 8.56. The molecule has 0 aromatic rings. The number of nitrogens with zero attached hydrogens (tertiary/aromatic N) is 1. The van der Waals surface area contributed by atoms with Crippen molar-refractivity contribution in [3.63, 3.8) is 0 Å². The zero-order valence-electron chi connectivity index (χ0n) is 13.3. The van der Waals surface area contributed by atoms with Crippen LogP contribution in [-0.2, 0) is 9.16 Å². The summed E-state index contributed by atoms with van der Waals surface area (Å²) in [7, 11) is 0.404. The quantitative estimate of drug-likeness (QED) is 0.551. The third-order valence-electron chi connectivity index (χ3n) is 3.67. The minimum atomic E-state index is -1.64. The topological polar surface area (TPSA) is 64.8 Å². The molecule has 0 aliphatic carbocycles. The highest BCUT2D eigenvalue weighted by Crippen LogP contribution is 2.36. The first-order valence-electron chi connectivity index (χ1n) is 6.81. The van der Waals surface area contributed by atoms with Crippen molar-refractivity contribution in [2.75, 3.05) is 33.4 Å². The second kappa shape index (κ2) is 7.87. The van der Waals surface area contributed by atoms with E-state index in [0.29, 0.717) is 6.61 Å². The van der Waals surface area contributed by atoms with Crippen LogP contribution in [0.15, 0.2) is 0 Å². The number of hydrogen-bond donors (Lipinski definition) is 1. The van der Waals surface area contributed by atoms with E-state index in [0.717, 1.165) is 26.1 Å². The van der Waals surface area contributed by atoms with Crippen LogP contribution in [0.1, 0.15) is 27.2 Å². The summed E-state index contributed by atoms with van der Waals surface area (Å²) in [6.07, 6.45) is 0.0865. The summed E-state index contributed by atoms with van der Waals surface area (Å²) in [6.45, 7) is 14.1. The van der Waals surface area contributed by atoms with Gasteiger partial charge in [0.1, 0.15) is 0 Å². The van der Waals surface area contributed by atoms with E-state index in [9.17, 15) is 4.79 Å². The predicted molar refractivity (Wildman–Crippen MR) is 80.8 cm³/mol. The second-order valence-electron chi connectivity index (χ2n) is 6.43. The summed E-state index contributed by atoms with van der Waals surface area (Å²) in [6, 6.07) is 0. The van der Waals surface area contributed by atoms with E-state index in [-0.39, 0.29) is 5.04 Å². The molecule has 5 nitrogen and oxygen atoms in total. The summed E-state index contributed by atoms with van der Waals surface area (Å²) in [5, 5.41) is 0.251. The zero-order valence-corrected chi connectivity index (χ0v) is 14.3. The van der Waals surface area contributed by atoms with Crippen LogP contribution >= 0.6 is 0 Å². The fraction of sp³-hybridized carbons (Fsp3) is 0.923. The Labute approximate surface area is 118 Å². The number of nitrogens with two attached hydrogens (primary N) is 1. The van der Waals surface area contributed by atoms with E-state index < -0.39 is 14.4 Å². The van der Waals surface area contributed by atoms with E-state index in [1.165, 1.54) is 0 Å². The van der Waals surface area contributed by atoms with Crippen LogP contribution in [0.2, 0.25) is 18.1 Å². The molecule has 1 amide bonds. The molecule has 0 unspecified atom stereocenters. The number of carbonyl (C=O) groups excluding carboxylic acids is 1. The minimum Gasteiger partial charge on any atom is -0.450 e. The summed E-state index contributed by atoms with van der Waals surface area (Å²) in [4.78, 5) is 12.6. The highest BCUT2D eigenvalue weighted by Gasteiger charge is 2.36. The van der Waals surface area contributed by atoms with E-state index in [1.807, 2.05) is 7.05 Å². The van der Waals surface area contributed by atoms with Gasteiger partial charge < -0.3 is 19.8 Å². The molecule has 0 heterocycles. The highest BCUT2D eigenvalue weighted by atomic mass is 28.4. The van der Waals surface area contributed by atoms with Crippen LogP contribution < -0.4 is 5.73 Å². The van der Waals surface area contributed by atoms with E-state index in [4.69, 9.17) is 10.2 Å². The molecule has 0 rings (SSSR count). The molecule has 0 aromatic heterocycles. The maximum absolute atomic E-state index is 10.4. The van der Waals surface area contributed by atoms with Crippen molar-refractivity contribution in [2.45, 2.75) is 45.3 Å². The van der Waals surface area contributed by atoms with Crippen LogP contribution in [0.5, 0.6) is 0 Å². The summed E-state index contributed by atoms with van der Waals surface area (Å²) >= 11 is 0. The number of rotatable bonds is 8. The van der Waals surface area contributed by atoms with E-state index in [2.05, 4.69) is 43.5 Å². The number of carbonyl (C=O) groups is 1. The molecule has 0 aliphatic heterocycles. The Hall–Kier alpha value is -0.593. The SMILES string of the molecule is CN(CCCOC(N)=O)CCO[Si](C)(C)C(C)(C)C. The van der Waals surface area contributed by atoms with Gasteiger partial charge in [-0.3, -0.25) is 0 Å². The van der Waals surface area contributed by atoms with Gasteiger partial charge in [0.05, 0.1) is 6.61 Å². The van der Waals surface area contributed by atoms with Gasteiger partial charge in [0.2, 0.25) is 0 Å². The summed E-state index contributed by atoms with van der Waals surface area (Å²) < 4.78 is 10.8. The molecule has 6 heteroatoms. The van der Waals surface area contributed by atoms with E-state index >= 15 is 0 Å². The molecule has 0 aromatic carbocycles. The van der Waals surface area contributed by atoms with Crippen molar-refractivity contribution < 1.29 is 14.0 Å². The van der Waals surface area contributed by atoms with E-state index in [1.54, 1.807) is 0 Å². The summed E-state index contributed by atoms with van der Waals surface area (Å²) in [5.74, 6) is 0. The lowest BCUT2D eigenvalue weighted by Gasteiger charge is -2.36. The molecule has 0 saturated carbocycles. The lowest BCUT2D eigenvalue weighted by atomic mass is 10.2. The highest BCUT2D eigenvalue weighted by molar-refractivity contribution is 6.74. The Morgan fingerprint density at radius 1 is 1.21 bits per heavy atom. The monoisotopic (exact) mass is 290 g/mol. The molecule has 0 fully saturated rings. The molecule has 0 saturated heterocycles. The van der Waals surface area contributed by atoms with Crippen LogP contribution in [0.3, 0.4) is 0 Å². The van der Waals surface area contributed by atoms with Gasteiger partial charge >= 0.3 is 6.09 Å². The minimum absolute atomic E-state index is 0.251. The zero-order chi connectivity index (χ0) is 15.1. The molecule has 114 valence electrons. The van der Waals surface area contributed by atoms with Crippen LogP contribution in [0, 0.1) is 0 Å². The van der Waals surface area contributed by atoms with Crippen LogP contribution in [0.4, 0.5) is 4.79 Å². The normalized spacial score (nSPS) is 12.8. The largest absolute Gasteiger partial charge is 0.450 e. The molecule has 0 spiro atoms. The predicted octanol–water partition coefficient (Wildman–Crippen LogP) is 2.43. The van der Waals surface area contributed by atoms with Crippen molar-refractivity contribution in [3.05, 3.63) is 0 Å². The lowest BCUT2D eigenvalue weighted by molar-refractivity contribution is 0.147. The standard InChI is InChI=1S/C13H30N2O3Si/c1-13(2,3)19(5,6)18-11-9-15(4)8-7-10-17-12(14)16/h7-11H2,1-6H3,(H2,14,16). The van der Waals surface area contributed by atoms with Crippen LogP contribution in [0.25, 0.3) is 0 Å². The lowest BCUT2D eigenvalue weighted by Crippen LogP contribution is -2.42. The third-order valence-corrected chi connectivity index (χ3v) is 8.21. The van der Waals surface area contributed by atoms with Gasteiger partial charge in [-0.15, -0.1) is 0 Å². The van der Waals surface area contributed by atoms with Crippen LogP contribution in [-0.4, -0.2) is 52.7 Å². The van der Waals surface area contributed by atoms with Crippen molar-refractivity contribution in [1.29, 1.82) is 0 Å². The van der Waals surface area contributed by atoms with Gasteiger partial charge in [-0.05, 0) is 31.6 Å². The number of amides is 1. The second-order valence-corrected chi connectivity index (χ2v) is 11.2.